The molecule has 0 spiro atoms. The van der Waals surface area contributed by atoms with Crippen LogP contribution in [0.25, 0.3) is 0 Å². The minimum atomic E-state index is -1.19. The fourth-order valence-electron chi connectivity index (χ4n) is 1.79. The maximum atomic E-state index is 10.8. The highest BCUT2D eigenvalue weighted by Crippen LogP contribution is 2.25. The molecule has 0 saturated carbocycles. The zero-order chi connectivity index (χ0) is 16.0. The van der Waals surface area contributed by atoms with Gasteiger partial charge in [0.25, 0.3) is 5.69 Å². The Morgan fingerprint density at radius 2 is 1.86 bits per heavy atom. The molecule has 0 fully saturated rings. The molecule has 0 amide bonds. The Morgan fingerprint density at radius 3 is 2.29 bits per heavy atom. The van der Waals surface area contributed by atoms with Crippen molar-refractivity contribution in [3.8, 4) is 5.75 Å². The average Bonchev–Trinajstić information content (AvgIpc) is 2.36. The number of non-ortho nitro benzene ring substituents is 1. The first-order chi connectivity index (χ1) is 9.83. The molecule has 0 atom stereocenters. The molecular formula is C12H14N2O7. The Balaban J connectivity index is 3.04. The quantitative estimate of drug-likeness (QED) is 0.526. The van der Waals surface area contributed by atoms with Gasteiger partial charge in [0.2, 0.25) is 0 Å². The van der Waals surface area contributed by atoms with E-state index >= 15 is 0 Å². The van der Waals surface area contributed by atoms with Gasteiger partial charge in [-0.15, -0.1) is 0 Å². The van der Waals surface area contributed by atoms with Crippen LogP contribution in [0.15, 0.2) is 18.2 Å². The van der Waals surface area contributed by atoms with Crippen LogP contribution >= 0.6 is 0 Å². The van der Waals surface area contributed by atoms with E-state index in [0.717, 1.165) is 4.90 Å². The Bertz CT molecular complexity index is 543. The largest absolute Gasteiger partial charge is 0.496 e. The van der Waals surface area contributed by atoms with Crippen molar-refractivity contribution in [2.45, 2.75) is 6.54 Å². The second-order valence-corrected chi connectivity index (χ2v) is 4.19. The zero-order valence-corrected chi connectivity index (χ0v) is 11.2. The van der Waals surface area contributed by atoms with Crippen molar-refractivity contribution in [1.29, 1.82) is 0 Å². The van der Waals surface area contributed by atoms with E-state index in [4.69, 9.17) is 14.9 Å². The van der Waals surface area contributed by atoms with Crippen LogP contribution in [-0.4, -0.2) is 52.2 Å². The van der Waals surface area contributed by atoms with Crippen molar-refractivity contribution in [3.63, 3.8) is 0 Å². The number of benzene rings is 1. The maximum absolute atomic E-state index is 10.8. The van der Waals surface area contributed by atoms with Gasteiger partial charge < -0.3 is 14.9 Å². The summed E-state index contributed by atoms with van der Waals surface area (Å²) in [5, 5.41) is 28.3. The van der Waals surface area contributed by atoms with E-state index in [0.29, 0.717) is 11.3 Å². The minimum Gasteiger partial charge on any atom is -0.496 e. The van der Waals surface area contributed by atoms with Gasteiger partial charge in [-0.3, -0.25) is 24.6 Å². The van der Waals surface area contributed by atoms with Crippen molar-refractivity contribution in [3.05, 3.63) is 33.9 Å². The number of hydrogen-bond acceptors (Lipinski definition) is 6. The highest BCUT2D eigenvalue weighted by Gasteiger charge is 2.18. The van der Waals surface area contributed by atoms with Crippen molar-refractivity contribution >= 4 is 17.6 Å². The number of aliphatic carboxylic acids is 2. The normalized spacial score (nSPS) is 10.4. The molecule has 0 bridgehead atoms. The number of nitro groups is 1. The predicted octanol–water partition coefficient (Wildman–Crippen LogP) is 0.575. The first kappa shape index (κ1) is 16.4. The molecule has 0 unspecified atom stereocenters. The lowest BCUT2D eigenvalue weighted by molar-refractivity contribution is -0.384. The first-order valence-corrected chi connectivity index (χ1v) is 5.80. The topological polar surface area (TPSA) is 130 Å². The van der Waals surface area contributed by atoms with E-state index in [2.05, 4.69) is 0 Å². The van der Waals surface area contributed by atoms with E-state index in [9.17, 15) is 19.7 Å². The highest BCUT2D eigenvalue weighted by molar-refractivity contribution is 5.72. The van der Waals surface area contributed by atoms with Gasteiger partial charge in [0.1, 0.15) is 5.75 Å². The van der Waals surface area contributed by atoms with Gasteiger partial charge in [-0.05, 0) is 6.07 Å². The van der Waals surface area contributed by atoms with Gasteiger partial charge in [0, 0.05) is 24.2 Å². The number of ether oxygens (including phenoxy) is 1. The summed E-state index contributed by atoms with van der Waals surface area (Å²) in [4.78, 5) is 32.8. The third-order valence-corrected chi connectivity index (χ3v) is 2.59. The lowest BCUT2D eigenvalue weighted by atomic mass is 10.1. The van der Waals surface area contributed by atoms with Crippen LogP contribution in [0.5, 0.6) is 5.75 Å². The summed E-state index contributed by atoms with van der Waals surface area (Å²) in [5.41, 5.74) is 0.158. The predicted molar refractivity (Wildman–Crippen MR) is 70.2 cm³/mol. The van der Waals surface area contributed by atoms with Gasteiger partial charge >= 0.3 is 11.9 Å². The number of methoxy groups -OCH3 is 1. The molecule has 9 nitrogen and oxygen atoms in total. The monoisotopic (exact) mass is 298 g/mol. The van der Waals surface area contributed by atoms with E-state index in [1.54, 1.807) is 0 Å². The third kappa shape index (κ3) is 5.07. The minimum absolute atomic E-state index is 0.0938. The molecule has 0 heterocycles. The number of hydrogen-bond donors (Lipinski definition) is 2. The third-order valence-electron chi connectivity index (χ3n) is 2.59. The van der Waals surface area contributed by atoms with Gasteiger partial charge in [0.05, 0.1) is 25.1 Å². The average molecular weight is 298 g/mol. The van der Waals surface area contributed by atoms with Crippen molar-refractivity contribution in [1.82, 2.24) is 4.90 Å². The zero-order valence-electron chi connectivity index (χ0n) is 11.2. The number of carboxylic acid groups (broad SMARTS) is 2. The smallest absolute Gasteiger partial charge is 0.317 e. The lowest BCUT2D eigenvalue weighted by Gasteiger charge is -2.19. The van der Waals surface area contributed by atoms with Crippen LogP contribution in [0, 0.1) is 10.1 Å². The van der Waals surface area contributed by atoms with Gasteiger partial charge in [-0.2, -0.15) is 0 Å². The molecule has 114 valence electrons. The Morgan fingerprint density at radius 1 is 1.29 bits per heavy atom. The SMILES string of the molecule is COc1ccc([N+](=O)[O-])cc1CN(CC(=O)O)CC(=O)O. The van der Waals surface area contributed by atoms with E-state index in [1.165, 1.54) is 25.3 Å². The van der Waals surface area contributed by atoms with E-state index in [1.807, 2.05) is 0 Å². The summed E-state index contributed by atoms with van der Waals surface area (Å²) >= 11 is 0. The van der Waals surface area contributed by atoms with Crippen LogP contribution in [0.3, 0.4) is 0 Å². The molecule has 0 saturated heterocycles. The summed E-state index contributed by atoms with van der Waals surface area (Å²) in [5.74, 6) is -2.07. The van der Waals surface area contributed by atoms with E-state index < -0.39 is 30.0 Å². The molecule has 1 aromatic rings. The standard InChI is InChI=1S/C12H14N2O7/c1-21-10-3-2-9(14(19)20)4-8(10)5-13(6-11(15)16)7-12(17)18/h2-4H,5-7H2,1H3,(H,15,16)(H,17,18). The highest BCUT2D eigenvalue weighted by atomic mass is 16.6. The molecular weight excluding hydrogens is 284 g/mol. The number of rotatable bonds is 8. The van der Waals surface area contributed by atoms with Gasteiger partial charge in [-0.25, -0.2) is 0 Å². The summed E-state index contributed by atoms with van der Waals surface area (Å²) in [7, 11) is 1.36. The molecule has 1 rings (SSSR count). The summed E-state index contributed by atoms with van der Waals surface area (Å²) < 4.78 is 5.05. The fraction of sp³-hybridized carbons (Fsp3) is 0.333. The number of nitrogens with zero attached hydrogens (tertiary/aromatic N) is 2. The lowest BCUT2D eigenvalue weighted by Crippen LogP contribution is -2.34. The van der Waals surface area contributed by atoms with Crippen molar-refractivity contribution in [2.24, 2.45) is 0 Å². The van der Waals surface area contributed by atoms with Gasteiger partial charge in [0.15, 0.2) is 0 Å². The Kier molecular flexibility index (Phi) is 5.61. The van der Waals surface area contributed by atoms with E-state index in [-0.39, 0.29) is 12.2 Å². The summed E-state index contributed by atoms with van der Waals surface area (Å²) in [6.45, 7) is -1.10. The first-order valence-electron chi connectivity index (χ1n) is 5.80. The molecule has 1 aromatic carbocycles. The summed E-state index contributed by atoms with van der Waals surface area (Å²) in [6.07, 6.45) is 0. The van der Waals surface area contributed by atoms with Crippen LogP contribution in [-0.2, 0) is 16.1 Å². The molecule has 21 heavy (non-hydrogen) atoms. The Hall–Kier alpha value is -2.68. The molecule has 0 aliphatic carbocycles. The second kappa shape index (κ2) is 7.20. The molecule has 2 N–H and O–H groups in total. The van der Waals surface area contributed by atoms with Crippen molar-refractivity contribution in [2.75, 3.05) is 20.2 Å². The molecule has 0 aromatic heterocycles. The summed E-state index contributed by atoms with van der Waals surface area (Å²) in [6, 6.07) is 3.86. The maximum Gasteiger partial charge on any atom is 0.317 e. The molecule has 0 radical (unpaired) electrons. The number of nitro benzene ring substituents is 1. The Labute approximate surface area is 119 Å². The van der Waals surface area contributed by atoms with Crippen LogP contribution in [0.4, 0.5) is 5.69 Å². The van der Waals surface area contributed by atoms with Crippen LogP contribution < -0.4 is 4.74 Å². The number of carbonyl (C=O) groups is 2. The molecule has 9 heteroatoms. The second-order valence-electron chi connectivity index (χ2n) is 4.19. The van der Waals surface area contributed by atoms with Crippen LogP contribution in [0.2, 0.25) is 0 Å². The molecule has 0 aliphatic rings. The number of carboxylic acids is 2. The van der Waals surface area contributed by atoms with Crippen molar-refractivity contribution < 1.29 is 29.5 Å². The van der Waals surface area contributed by atoms with Crippen LogP contribution in [0.1, 0.15) is 5.56 Å². The fourth-order valence-corrected chi connectivity index (χ4v) is 1.79. The molecule has 0 aliphatic heterocycles. The van der Waals surface area contributed by atoms with Gasteiger partial charge in [-0.1, -0.05) is 0 Å².